The van der Waals surface area contributed by atoms with E-state index in [2.05, 4.69) is 0 Å². The number of carbonyl (C=O) groups excluding carboxylic acids is 4. The van der Waals surface area contributed by atoms with Gasteiger partial charge in [0.25, 0.3) is 0 Å². The SMILES string of the molecule is O=C([CH2][Co][CH2]C(=O)CC(=O)C(F)F)CC(=O)C(F)F. The predicted molar refractivity (Wildman–Crippen MR) is 50.9 cm³/mol. The van der Waals surface area contributed by atoms with Gasteiger partial charge in [0.1, 0.15) is 0 Å². The molecule has 0 aliphatic rings. The predicted octanol–water partition coefficient (Wildman–Crippen LogP) is 1.49. The zero-order chi connectivity index (χ0) is 15.0. The molecule has 0 aliphatic heterocycles. The summed E-state index contributed by atoms with van der Waals surface area (Å²) < 4.78 is 47.2. The average molecular weight is 329 g/mol. The fourth-order valence-corrected chi connectivity index (χ4v) is 1.82. The van der Waals surface area contributed by atoms with Crippen LogP contribution < -0.4 is 0 Å². The summed E-state index contributed by atoms with van der Waals surface area (Å²) in [7, 11) is 0. The van der Waals surface area contributed by atoms with Gasteiger partial charge in [-0.2, -0.15) is 0 Å². The van der Waals surface area contributed by atoms with E-state index < -0.39 is 48.8 Å². The van der Waals surface area contributed by atoms with Crippen molar-refractivity contribution in [3.05, 3.63) is 0 Å². The third kappa shape index (κ3) is 8.59. The van der Waals surface area contributed by atoms with Crippen molar-refractivity contribution in [3.8, 4) is 0 Å². The van der Waals surface area contributed by atoms with Crippen molar-refractivity contribution in [1.29, 1.82) is 0 Å². The summed E-state index contributed by atoms with van der Waals surface area (Å²) in [6.45, 7) is 0. The number of rotatable bonds is 10. The van der Waals surface area contributed by atoms with E-state index in [-0.39, 0.29) is 25.4 Å². The van der Waals surface area contributed by atoms with Crippen LogP contribution >= 0.6 is 0 Å². The first-order chi connectivity index (χ1) is 8.73. The van der Waals surface area contributed by atoms with Gasteiger partial charge in [-0.25, -0.2) is 0 Å². The van der Waals surface area contributed by atoms with Crippen molar-refractivity contribution in [2.24, 2.45) is 0 Å². The van der Waals surface area contributed by atoms with Gasteiger partial charge in [0.05, 0.1) is 0 Å². The fourth-order valence-electron chi connectivity index (χ4n) is 0.854. The Bertz CT molecular complexity index is 337. The van der Waals surface area contributed by atoms with Crippen LogP contribution in [0.2, 0.25) is 10.7 Å². The van der Waals surface area contributed by atoms with Gasteiger partial charge in [-0.15, -0.1) is 0 Å². The van der Waals surface area contributed by atoms with Crippen LogP contribution in [0.1, 0.15) is 12.8 Å². The normalized spacial score (nSPS) is 11.1. The summed E-state index contributed by atoms with van der Waals surface area (Å²) >= 11 is 0.216. The summed E-state index contributed by atoms with van der Waals surface area (Å²) in [5, 5.41) is -0.632. The zero-order valence-electron chi connectivity index (χ0n) is 9.46. The summed E-state index contributed by atoms with van der Waals surface area (Å²) in [6, 6.07) is 0. The third-order valence-corrected chi connectivity index (χ3v) is 3.00. The molecule has 0 radical (unpaired) electrons. The van der Waals surface area contributed by atoms with Gasteiger partial charge < -0.3 is 0 Å². The van der Waals surface area contributed by atoms with E-state index in [1.165, 1.54) is 0 Å². The molecule has 0 spiro atoms. The van der Waals surface area contributed by atoms with Crippen LogP contribution in [-0.4, -0.2) is 36.0 Å². The Balaban J connectivity index is 3.85. The summed E-state index contributed by atoms with van der Waals surface area (Å²) in [5.74, 6) is -4.53. The number of carbonyl (C=O) groups is 4. The van der Waals surface area contributed by atoms with Crippen LogP contribution in [0.4, 0.5) is 17.6 Å². The molecule has 0 saturated carbocycles. The van der Waals surface area contributed by atoms with Crippen molar-refractivity contribution in [2.45, 2.75) is 36.4 Å². The fraction of sp³-hybridized carbons (Fsp3) is 0.600. The molecule has 0 amide bonds. The van der Waals surface area contributed by atoms with E-state index in [1.54, 1.807) is 0 Å². The quantitative estimate of drug-likeness (QED) is 0.450. The molecule has 4 nitrogen and oxygen atoms in total. The first-order valence-corrected chi connectivity index (χ1v) is 6.33. The molecule has 9 heteroatoms. The molecule has 0 aromatic rings. The monoisotopic (exact) mass is 329 g/mol. The van der Waals surface area contributed by atoms with Crippen LogP contribution in [0.25, 0.3) is 0 Å². The number of Topliss-reactive ketones (excluding diaryl/α,β-unsaturated/α-hetero) is 4. The number of halogens is 4. The molecule has 0 unspecified atom stereocenters. The zero-order valence-corrected chi connectivity index (χ0v) is 10.5. The maximum atomic E-state index is 11.8. The van der Waals surface area contributed by atoms with Crippen LogP contribution in [0.3, 0.4) is 0 Å². The van der Waals surface area contributed by atoms with Crippen LogP contribution in [0.5, 0.6) is 0 Å². The topological polar surface area (TPSA) is 68.3 Å². The molecule has 0 fully saturated rings. The molecular formula is C10H10CoF4O4. The standard InChI is InChI=1S/2C5H5F2O2.Co/c2*1-3(8)2-4(9)5(6)7;/h2*5H,1-2H2;. The molecular weight excluding hydrogens is 319 g/mol. The van der Waals surface area contributed by atoms with E-state index in [1.807, 2.05) is 0 Å². The molecule has 0 bridgehead atoms. The van der Waals surface area contributed by atoms with Crippen molar-refractivity contribution < 1.29 is 51.4 Å². The molecule has 0 saturated heterocycles. The van der Waals surface area contributed by atoms with E-state index in [0.29, 0.717) is 0 Å². The van der Waals surface area contributed by atoms with E-state index >= 15 is 0 Å². The second-order valence-electron chi connectivity index (χ2n) is 3.37. The molecule has 0 N–H and O–H groups in total. The Morgan fingerprint density at radius 1 is 0.737 bits per heavy atom. The molecule has 0 aromatic heterocycles. The van der Waals surface area contributed by atoms with Crippen molar-refractivity contribution in [3.63, 3.8) is 0 Å². The summed E-state index contributed by atoms with van der Waals surface area (Å²) in [6.07, 6.45) is -8.28. The van der Waals surface area contributed by atoms with Crippen molar-refractivity contribution >= 4 is 23.1 Å². The molecule has 0 aliphatic carbocycles. The first kappa shape index (κ1) is 17.9. The first-order valence-electron chi connectivity index (χ1n) is 4.86. The second kappa shape index (κ2) is 8.91. The van der Waals surface area contributed by atoms with Crippen LogP contribution in [-0.2, 0) is 33.9 Å². The molecule has 0 aromatic carbocycles. The van der Waals surface area contributed by atoms with Crippen LogP contribution in [0, 0.1) is 0 Å². The average Bonchev–Trinajstić information content (AvgIpc) is 2.28. The molecule has 0 atom stereocenters. The van der Waals surface area contributed by atoms with Gasteiger partial charge in [-0.1, -0.05) is 0 Å². The molecule has 111 valence electrons. The third-order valence-electron chi connectivity index (χ3n) is 1.66. The molecule has 19 heavy (non-hydrogen) atoms. The Labute approximate surface area is 111 Å². The molecule has 0 rings (SSSR count). The minimum atomic E-state index is -3.22. The van der Waals surface area contributed by atoms with Gasteiger partial charge in [0.2, 0.25) is 0 Å². The van der Waals surface area contributed by atoms with Gasteiger partial charge >= 0.3 is 111 Å². The summed E-state index contributed by atoms with van der Waals surface area (Å²) in [4.78, 5) is 43.0. The van der Waals surface area contributed by atoms with Gasteiger partial charge in [-0.3, -0.25) is 0 Å². The summed E-state index contributed by atoms with van der Waals surface area (Å²) in [5.41, 5.74) is 0. The number of alkyl halides is 4. The van der Waals surface area contributed by atoms with Gasteiger partial charge in [0, 0.05) is 0 Å². The van der Waals surface area contributed by atoms with Crippen molar-refractivity contribution in [2.75, 3.05) is 0 Å². The van der Waals surface area contributed by atoms with Gasteiger partial charge in [0.15, 0.2) is 0 Å². The second-order valence-corrected chi connectivity index (χ2v) is 4.62. The number of hydrogen-bond donors (Lipinski definition) is 0. The van der Waals surface area contributed by atoms with E-state index in [0.717, 1.165) is 0 Å². The van der Waals surface area contributed by atoms with Crippen molar-refractivity contribution in [1.82, 2.24) is 0 Å². The molecule has 0 heterocycles. The Morgan fingerprint density at radius 2 is 1.05 bits per heavy atom. The Hall–Kier alpha value is -1.09. The van der Waals surface area contributed by atoms with E-state index in [9.17, 15) is 36.7 Å². The van der Waals surface area contributed by atoms with E-state index in [4.69, 9.17) is 0 Å². The number of ketones is 4. The van der Waals surface area contributed by atoms with Gasteiger partial charge in [-0.05, 0) is 0 Å². The maximum absolute atomic E-state index is 11.8. The van der Waals surface area contributed by atoms with Crippen LogP contribution in [0.15, 0.2) is 0 Å². The number of hydrogen-bond acceptors (Lipinski definition) is 4. The Morgan fingerprint density at radius 3 is 1.32 bits per heavy atom. The minimum absolute atomic E-state index is 0.216. The Kier molecular flexibility index (Phi) is 8.40.